The molecule has 0 unspecified atom stereocenters. The van der Waals surface area contributed by atoms with Gasteiger partial charge in [-0.25, -0.2) is 0 Å². The van der Waals surface area contributed by atoms with Crippen LogP contribution in [0.5, 0.6) is 0 Å². The molecule has 0 saturated carbocycles. The van der Waals surface area contributed by atoms with Crippen molar-refractivity contribution in [1.82, 2.24) is 9.80 Å². The van der Waals surface area contributed by atoms with E-state index >= 15 is 0 Å². The molecule has 1 aromatic rings. The minimum atomic E-state index is 0.124. The summed E-state index contributed by atoms with van der Waals surface area (Å²) in [4.78, 5) is 4.61. The Labute approximate surface area is 132 Å². The molecule has 1 heterocycles. The minimum Gasteiger partial charge on any atom is -0.368 e. The van der Waals surface area contributed by atoms with Crippen LogP contribution in [0, 0.1) is 29.6 Å². The van der Waals surface area contributed by atoms with Crippen LogP contribution >= 0.6 is 0 Å². The fourth-order valence-corrected chi connectivity index (χ4v) is 2.42. The molecule has 4 nitrogen and oxygen atoms in total. The number of hydrogen-bond acceptors (Lipinski definition) is 4. The molecule has 22 heavy (non-hydrogen) atoms. The molecule has 1 aromatic carbocycles. The molecule has 1 aliphatic rings. The third kappa shape index (κ3) is 3.97. The summed E-state index contributed by atoms with van der Waals surface area (Å²) in [6.45, 7) is 5.97. The molecule has 1 saturated heterocycles. The summed E-state index contributed by atoms with van der Waals surface area (Å²) in [5.41, 5.74) is 3.52. The second kappa shape index (κ2) is 7.45. The zero-order valence-electron chi connectivity index (χ0n) is 13.1. The molecular weight excluding hydrogens is 272 g/mol. The van der Waals surface area contributed by atoms with E-state index in [1.165, 1.54) is 5.56 Å². The van der Waals surface area contributed by atoms with Crippen LogP contribution < -0.4 is 0 Å². The molecule has 0 aliphatic carbocycles. The van der Waals surface area contributed by atoms with E-state index in [0.717, 1.165) is 37.4 Å². The molecule has 0 bridgehead atoms. The smallest absolute Gasteiger partial charge is 0.129 e. The molecule has 0 atom stereocenters. The maximum Gasteiger partial charge on any atom is 0.129 e. The number of hydrogen-bond donors (Lipinski definition) is 0. The average Bonchev–Trinajstić information content (AvgIpc) is 2.54. The van der Waals surface area contributed by atoms with Gasteiger partial charge in [-0.15, -0.1) is 0 Å². The van der Waals surface area contributed by atoms with Gasteiger partial charge in [0.15, 0.2) is 0 Å². The highest BCUT2D eigenvalue weighted by Gasteiger charge is 2.17. The normalized spacial score (nSPS) is 15.8. The standard InChI is InChI=1S/C18H20N4/c1-15-3-6-17(7-4-15)18(8-5-16(13-19)14-20)22-11-9-21(2)10-12-22/h3-8H,9-12H2,1-2H3. The van der Waals surface area contributed by atoms with Crippen LogP contribution in [-0.4, -0.2) is 43.0 Å². The third-order valence-electron chi connectivity index (χ3n) is 3.84. The number of nitriles is 2. The number of likely N-dealkylation sites (N-methyl/N-ethyl adjacent to an activating group) is 1. The van der Waals surface area contributed by atoms with Crippen molar-refractivity contribution < 1.29 is 0 Å². The molecule has 1 aliphatic heterocycles. The van der Waals surface area contributed by atoms with Crippen molar-refractivity contribution in [2.75, 3.05) is 33.2 Å². The van der Waals surface area contributed by atoms with Crippen LogP contribution in [0.25, 0.3) is 5.70 Å². The predicted octanol–water partition coefficient (Wildman–Crippen LogP) is 2.56. The van der Waals surface area contributed by atoms with Gasteiger partial charge in [0, 0.05) is 31.9 Å². The molecule has 0 aromatic heterocycles. The summed E-state index contributed by atoms with van der Waals surface area (Å²) in [6.07, 6.45) is 3.49. The number of piperazine rings is 1. The van der Waals surface area contributed by atoms with Crippen molar-refractivity contribution in [3.8, 4) is 12.1 Å². The van der Waals surface area contributed by atoms with Crippen molar-refractivity contribution in [1.29, 1.82) is 10.5 Å². The Kier molecular flexibility index (Phi) is 5.36. The zero-order valence-corrected chi connectivity index (χ0v) is 13.1. The van der Waals surface area contributed by atoms with Gasteiger partial charge in [-0.3, -0.25) is 0 Å². The summed E-state index contributed by atoms with van der Waals surface area (Å²) in [5, 5.41) is 17.8. The first-order valence-corrected chi connectivity index (χ1v) is 7.36. The quantitative estimate of drug-likeness (QED) is 0.634. The van der Waals surface area contributed by atoms with Gasteiger partial charge in [0.2, 0.25) is 0 Å². The zero-order chi connectivity index (χ0) is 15.9. The van der Waals surface area contributed by atoms with Gasteiger partial charge in [0.25, 0.3) is 0 Å². The first-order chi connectivity index (χ1) is 10.6. The molecule has 2 rings (SSSR count). The highest BCUT2D eigenvalue weighted by Crippen LogP contribution is 2.21. The molecule has 1 fully saturated rings. The third-order valence-corrected chi connectivity index (χ3v) is 3.84. The highest BCUT2D eigenvalue weighted by molar-refractivity contribution is 5.66. The van der Waals surface area contributed by atoms with Crippen LogP contribution in [-0.2, 0) is 0 Å². The lowest BCUT2D eigenvalue weighted by atomic mass is 10.1. The Morgan fingerprint density at radius 3 is 2.14 bits per heavy atom. The Morgan fingerprint density at radius 2 is 1.59 bits per heavy atom. The first kappa shape index (κ1) is 15.8. The van der Waals surface area contributed by atoms with Gasteiger partial charge in [-0.2, -0.15) is 10.5 Å². The number of aryl methyl sites for hydroxylation is 1. The van der Waals surface area contributed by atoms with E-state index in [-0.39, 0.29) is 5.57 Å². The van der Waals surface area contributed by atoms with Crippen molar-refractivity contribution in [3.63, 3.8) is 0 Å². The van der Waals surface area contributed by atoms with Gasteiger partial charge in [0.05, 0.1) is 0 Å². The second-order valence-electron chi connectivity index (χ2n) is 5.51. The molecule has 112 valence electrons. The predicted molar refractivity (Wildman–Crippen MR) is 87.5 cm³/mol. The lowest BCUT2D eigenvalue weighted by Gasteiger charge is -2.35. The summed E-state index contributed by atoms with van der Waals surface area (Å²) in [5.74, 6) is 0. The fraction of sp³-hybridized carbons (Fsp3) is 0.333. The van der Waals surface area contributed by atoms with Crippen LogP contribution in [0.4, 0.5) is 0 Å². The van der Waals surface area contributed by atoms with E-state index in [1.54, 1.807) is 6.08 Å². The van der Waals surface area contributed by atoms with Gasteiger partial charge >= 0.3 is 0 Å². The lowest BCUT2D eigenvalue weighted by molar-refractivity contribution is 0.207. The first-order valence-electron chi connectivity index (χ1n) is 7.36. The molecule has 0 radical (unpaired) electrons. The van der Waals surface area contributed by atoms with Gasteiger partial charge < -0.3 is 9.80 Å². The monoisotopic (exact) mass is 292 g/mol. The van der Waals surface area contributed by atoms with Crippen LogP contribution in [0.15, 0.2) is 42.0 Å². The number of nitrogens with zero attached hydrogens (tertiary/aromatic N) is 4. The SMILES string of the molecule is Cc1ccc(C(=CC=C(C#N)C#N)N2CCN(C)CC2)cc1. The maximum absolute atomic E-state index is 8.90. The number of allylic oxidation sites excluding steroid dienone is 3. The Balaban J connectivity index is 2.35. The van der Waals surface area contributed by atoms with Crippen LogP contribution in [0.3, 0.4) is 0 Å². The summed E-state index contributed by atoms with van der Waals surface area (Å²) >= 11 is 0. The van der Waals surface area contributed by atoms with Gasteiger partial charge in [-0.05, 0) is 31.7 Å². The van der Waals surface area contributed by atoms with Crippen molar-refractivity contribution >= 4 is 5.70 Å². The molecule has 0 N–H and O–H groups in total. The van der Waals surface area contributed by atoms with Crippen LogP contribution in [0.1, 0.15) is 11.1 Å². The molecule has 4 heteroatoms. The lowest BCUT2D eigenvalue weighted by Crippen LogP contribution is -2.43. The molecular formula is C18H20N4. The van der Waals surface area contributed by atoms with Gasteiger partial charge in [0.1, 0.15) is 17.7 Å². The summed E-state index contributed by atoms with van der Waals surface area (Å²) < 4.78 is 0. The Hall–Kier alpha value is -2.56. The van der Waals surface area contributed by atoms with E-state index in [9.17, 15) is 0 Å². The second-order valence-corrected chi connectivity index (χ2v) is 5.51. The largest absolute Gasteiger partial charge is 0.368 e. The minimum absolute atomic E-state index is 0.124. The van der Waals surface area contributed by atoms with E-state index in [1.807, 2.05) is 18.2 Å². The number of rotatable bonds is 3. The van der Waals surface area contributed by atoms with Gasteiger partial charge in [-0.1, -0.05) is 29.8 Å². The average molecular weight is 292 g/mol. The summed E-state index contributed by atoms with van der Waals surface area (Å²) in [6, 6.07) is 12.2. The van der Waals surface area contributed by atoms with Crippen molar-refractivity contribution in [3.05, 3.63) is 53.1 Å². The fourth-order valence-electron chi connectivity index (χ4n) is 2.42. The van der Waals surface area contributed by atoms with E-state index < -0.39 is 0 Å². The van der Waals surface area contributed by atoms with E-state index in [0.29, 0.717) is 0 Å². The Bertz CT molecular complexity index is 632. The highest BCUT2D eigenvalue weighted by atomic mass is 15.2. The number of benzene rings is 1. The molecule has 0 spiro atoms. The Morgan fingerprint density at radius 1 is 1.00 bits per heavy atom. The van der Waals surface area contributed by atoms with Crippen LogP contribution in [0.2, 0.25) is 0 Å². The maximum atomic E-state index is 8.90. The molecule has 0 amide bonds. The van der Waals surface area contributed by atoms with E-state index in [4.69, 9.17) is 10.5 Å². The van der Waals surface area contributed by atoms with Crippen molar-refractivity contribution in [2.24, 2.45) is 0 Å². The topological polar surface area (TPSA) is 54.1 Å². The summed E-state index contributed by atoms with van der Waals surface area (Å²) in [7, 11) is 2.12. The van der Waals surface area contributed by atoms with E-state index in [2.05, 4.69) is 48.0 Å². The van der Waals surface area contributed by atoms with Crippen molar-refractivity contribution in [2.45, 2.75) is 6.92 Å².